The molecule has 1 N–H and O–H groups in total. The average molecular weight is 410 g/mol. The van der Waals surface area contributed by atoms with Crippen molar-refractivity contribution in [3.63, 3.8) is 0 Å². The lowest BCUT2D eigenvalue weighted by Crippen LogP contribution is -2.39. The molecule has 0 saturated carbocycles. The second kappa shape index (κ2) is 7.63. The summed E-state index contributed by atoms with van der Waals surface area (Å²) in [5.41, 5.74) is 0. The standard InChI is InChI=1S/C17H20BrN3O2S/c18-15-4-6-16(7-5-15)24(22,23)20-13-14-8-11-21(12-9-14)17-3-1-2-10-19-17/h1-7,10,14,20H,8-9,11-13H2. The Hall–Kier alpha value is -1.44. The van der Waals surface area contributed by atoms with Crippen LogP contribution in [0.5, 0.6) is 0 Å². The Bertz CT molecular complexity index is 758. The lowest BCUT2D eigenvalue weighted by Gasteiger charge is -2.32. The summed E-state index contributed by atoms with van der Waals surface area (Å²) >= 11 is 3.31. The molecule has 5 nitrogen and oxygen atoms in total. The van der Waals surface area contributed by atoms with Gasteiger partial charge in [-0.05, 0) is 55.2 Å². The first-order valence-corrected chi connectivity index (χ1v) is 10.2. The van der Waals surface area contributed by atoms with Gasteiger partial charge in [0.1, 0.15) is 5.82 Å². The molecular weight excluding hydrogens is 390 g/mol. The minimum absolute atomic E-state index is 0.302. The molecule has 1 saturated heterocycles. The van der Waals surface area contributed by atoms with Crippen LogP contribution in [0.15, 0.2) is 58.0 Å². The average Bonchev–Trinajstić information content (AvgIpc) is 2.62. The van der Waals surface area contributed by atoms with E-state index in [4.69, 9.17) is 0 Å². The number of nitrogens with zero attached hydrogens (tertiary/aromatic N) is 2. The highest BCUT2D eigenvalue weighted by molar-refractivity contribution is 9.10. The number of rotatable bonds is 5. The fourth-order valence-electron chi connectivity index (χ4n) is 2.83. The van der Waals surface area contributed by atoms with Crippen LogP contribution in [-0.2, 0) is 10.0 Å². The quantitative estimate of drug-likeness (QED) is 0.823. The van der Waals surface area contributed by atoms with Crippen LogP contribution in [0, 0.1) is 5.92 Å². The van der Waals surface area contributed by atoms with Crippen molar-refractivity contribution in [2.45, 2.75) is 17.7 Å². The lowest BCUT2D eigenvalue weighted by atomic mass is 9.97. The molecule has 0 atom stereocenters. The Balaban J connectivity index is 1.52. The summed E-state index contributed by atoms with van der Waals surface area (Å²) in [5, 5.41) is 0. The summed E-state index contributed by atoms with van der Waals surface area (Å²) in [7, 11) is -3.44. The molecule has 24 heavy (non-hydrogen) atoms. The van der Waals surface area contributed by atoms with Gasteiger partial charge in [-0.1, -0.05) is 22.0 Å². The van der Waals surface area contributed by atoms with E-state index >= 15 is 0 Å². The van der Waals surface area contributed by atoms with Gasteiger partial charge in [0.2, 0.25) is 10.0 Å². The van der Waals surface area contributed by atoms with Crippen molar-refractivity contribution >= 4 is 31.8 Å². The summed E-state index contributed by atoms with van der Waals surface area (Å²) < 4.78 is 28.3. The molecule has 128 valence electrons. The summed E-state index contributed by atoms with van der Waals surface area (Å²) in [4.78, 5) is 6.92. The number of pyridine rings is 1. The van der Waals surface area contributed by atoms with E-state index < -0.39 is 10.0 Å². The Morgan fingerprint density at radius 2 is 1.83 bits per heavy atom. The SMILES string of the molecule is O=S(=O)(NCC1CCN(c2ccccn2)CC1)c1ccc(Br)cc1. The molecule has 0 amide bonds. The molecular formula is C17H20BrN3O2S. The molecule has 3 rings (SSSR count). The topological polar surface area (TPSA) is 62.3 Å². The molecule has 1 aliphatic heterocycles. The van der Waals surface area contributed by atoms with Gasteiger partial charge in [-0.25, -0.2) is 18.1 Å². The maximum absolute atomic E-state index is 12.3. The van der Waals surface area contributed by atoms with Gasteiger partial charge >= 0.3 is 0 Å². The third-order valence-corrected chi connectivity index (χ3v) is 6.24. The first-order valence-electron chi connectivity index (χ1n) is 7.96. The van der Waals surface area contributed by atoms with Gasteiger partial charge in [0.25, 0.3) is 0 Å². The van der Waals surface area contributed by atoms with E-state index in [1.54, 1.807) is 30.5 Å². The number of piperidine rings is 1. The second-order valence-corrected chi connectivity index (χ2v) is 8.61. The van der Waals surface area contributed by atoms with Crippen molar-refractivity contribution in [3.05, 3.63) is 53.1 Å². The van der Waals surface area contributed by atoms with E-state index in [0.717, 1.165) is 36.2 Å². The van der Waals surface area contributed by atoms with Gasteiger partial charge < -0.3 is 4.90 Å². The normalized spacial score (nSPS) is 16.3. The number of sulfonamides is 1. The molecule has 1 aromatic heterocycles. The van der Waals surface area contributed by atoms with E-state index in [9.17, 15) is 8.42 Å². The van der Waals surface area contributed by atoms with Gasteiger partial charge in [0.05, 0.1) is 4.90 Å². The zero-order valence-corrected chi connectivity index (χ0v) is 15.6. The number of aromatic nitrogens is 1. The molecule has 0 aliphatic carbocycles. The number of hydrogen-bond acceptors (Lipinski definition) is 4. The monoisotopic (exact) mass is 409 g/mol. The maximum atomic E-state index is 12.3. The van der Waals surface area contributed by atoms with Gasteiger partial charge in [0.15, 0.2) is 0 Å². The minimum atomic E-state index is -3.44. The summed E-state index contributed by atoms with van der Waals surface area (Å²) in [6, 6.07) is 12.6. The fourth-order valence-corrected chi connectivity index (χ4v) is 4.21. The molecule has 2 heterocycles. The van der Waals surface area contributed by atoms with Crippen molar-refractivity contribution in [3.8, 4) is 0 Å². The fraction of sp³-hybridized carbons (Fsp3) is 0.353. The maximum Gasteiger partial charge on any atom is 0.240 e. The van der Waals surface area contributed by atoms with Crippen LogP contribution in [0.3, 0.4) is 0 Å². The molecule has 2 aromatic rings. The zero-order chi connectivity index (χ0) is 17.0. The van der Waals surface area contributed by atoms with Crippen LogP contribution in [0.4, 0.5) is 5.82 Å². The van der Waals surface area contributed by atoms with Gasteiger partial charge in [-0.15, -0.1) is 0 Å². The van der Waals surface area contributed by atoms with Gasteiger partial charge in [-0.2, -0.15) is 0 Å². The van der Waals surface area contributed by atoms with Gasteiger partial charge in [-0.3, -0.25) is 0 Å². The van der Waals surface area contributed by atoms with Crippen LogP contribution in [0.25, 0.3) is 0 Å². The minimum Gasteiger partial charge on any atom is -0.357 e. The third-order valence-electron chi connectivity index (χ3n) is 4.27. The van der Waals surface area contributed by atoms with Crippen molar-refractivity contribution in [1.29, 1.82) is 0 Å². The predicted octanol–water partition coefficient (Wildman–Crippen LogP) is 3.04. The molecule has 7 heteroatoms. The van der Waals surface area contributed by atoms with Crippen molar-refractivity contribution in [2.75, 3.05) is 24.5 Å². The molecule has 0 spiro atoms. The number of hydrogen-bond donors (Lipinski definition) is 1. The highest BCUT2D eigenvalue weighted by atomic mass is 79.9. The molecule has 0 radical (unpaired) electrons. The number of benzene rings is 1. The van der Waals surface area contributed by atoms with E-state index in [1.165, 1.54) is 0 Å². The number of anilines is 1. The van der Waals surface area contributed by atoms with E-state index in [2.05, 4.69) is 30.5 Å². The van der Waals surface area contributed by atoms with Crippen molar-refractivity contribution in [2.24, 2.45) is 5.92 Å². The lowest BCUT2D eigenvalue weighted by molar-refractivity contribution is 0.400. The van der Waals surface area contributed by atoms with Crippen molar-refractivity contribution < 1.29 is 8.42 Å². The Morgan fingerprint density at radius 1 is 1.12 bits per heavy atom. The van der Waals surface area contributed by atoms with Crippen LogP contribution < -0.4 is 9.62 Å². The number of nitrogens with one attached hydrogen (secondary N) is 1. The van der Waals surface area contributed by atoms with Crippen molar-refractivity contribution in [1.82, 2.24) is 9.71 Å². The number of halogens is 1. The molecule has 0 unspecified atom stereocenters. The van der Waals surface area contributed by atoms with Crippen LogP contribution in [0.1, 0.15) is 12.8 Å². The molecule has 1 aromatic carbocycles. The Kier molecular flexibility index (Phi) is 5.53. The first-order chi connectivity index (χ1) is 11.5. The predicted molar refractivity (Wildman–Crippen MR) is 98.5 cm³/mol. The van der Waals surface area contributed by atoms with E-state index in [0.29, 0.717) is 17.4 Å². The summed E-state index contributed by atoms with van der Waals surface area (Å²) in [6.07, 6.45) is 3.71. The van der Waals surface area contributed by atoms with E-state index in [1.807, 2.05) is 18.2 Å². The van der Waals surface area contributed by atoms with E-state index in [-0.39, 0.29) is 0 Å². The van der Waals surface area contributed by atoms with Gasteiger partial charge in [0, 0.05) is 30.3 Å². The highest BCUT2D eigenvalue weighted by Gasteiger charge is 2.22. The molecule has 1 fully saturated rings. The first kappa shape index (κ1) is 17.4. The highest BCUT2D eigenvalue weighted by Crippen LogP contribution is 2.22. The summed E-state index contributed by atoms with van der Waals surface area (Å²) in [5.74, 6) is 1.35. The largest absolute Gasteiger partial charge is 0.357 e. The Morgan fingerprint density at radius 3 is 2.46 bits per heavy atom. The molecule has 1 aliphatic rings. The van der Waals surface area contributed by atoms with Crippen LogP contribution >= 0.6 is 15.9 Å². The van der Waals surface area contributed by atoms with Crippen LogP contribution in [-0.4, -0.2) is 33.0 Å². The second-order valence-electron chi connectivity index (χ2n) is 5.92. The third kappa shape index (κ3) is 4.34. The molecule has 0 bridgehead atoms. The Labute approximate surface area is 151 Å². The zero-order valence-electron chi connectivity index (χ0n) is 13.2. The van der Waals surface area contributed by atoms with Crippen LogP contribution in [0.2, 0.25) is 0 Å². The smallest absolute Gasteiger partial charge is 0.240 e. The summed E-state index contributed by atoms with van der Waals surface area (Å²) in [6.45, 7) is 2.29.